The molecule has 3 N–H and O–H groups in total. The molecule has 16 heavy (non-hydrogen) atoms. The summed E-state index contributed by atoms with van der Waals surface area (Å²) in [5.74, 6) is -1.93. The van der Waals surface area contributed by atoms with Gasteiger partial charge >= 0.3 is 13.6 Å². The van der Waals surface area contributed by atoms with Crippen LogP contribution < -0.4 is 0 Å². The maximum atomic E-state index is 11.7. The van der Waals surface area contributed by atoms with Gasteiger partial charge in [0.2, 0.25) is 5.91 Å². The highest BCUT2D eigenvalue weighted by Crippen LogP contribution is 2.42. The molecule has 0 aromatic rings. The normalized spacial score (nSPS) is 23.2. The van der Waals surface area contributed by atoms with Crippen molar-refractivity contribution in [3.63, 3.8) is 0 Å². The van der Waals surface area contributed by atoms with Crippen LogP contribution in [0.3, 0.4) is 0 Å². The number of hydrogen-bond acceptors (Lipinski definition) is 3. The Kier molecular flexibility index (Phi) is 3.72. The van der Waals surface area contributed by atoms with Crippen LogP contribution >= 0.6 is 7.60 Å². The van der Waals surface area contributed by atoms with E-state index in [2.05, 4.69) is 0 Å². The fraction of sp³-hybridized carbons (Fsp3) is 0.750. The molecule has 0 spiro atoms. The number of hydrogen-bond donors (Lipinski definition) is 3. The average molecular weight is 251 g/mol. The van der Waals surface area contributed by atoms with Crippen LogP contribution in [0.25, 0.3) is 0 Å². The predicted molar refractivity (Wildman–Crippen MR) is 53.9 cm³/mol. The van der Waals surface area contributed by atoms with Crippen molar-refractivity contribution < 1.29 is 29.0 Å². The summed E-state index contributed by atoms with van der Waals surface area (Å²) >= 11 is 0. The second kappa shape index (κ2) is 4.53. The lowest BCUT2D eigenvalue weighted by atomic mass is 10.2. The zero-order valence-corrected chi connectivity index (χ0v) is 9.63. The number of carboxylic acid groups (broad SMARTS) is 1. The summed E-state index contributed by atoms with van der Waals surface area (Å²) in [5.41, 5.74) is -1.48. The summed E-state index contributed by atoms with van der Waals surface area (Å²) in [7, 11) is -4.51. The summed E-state index contributed by atoms with van der Waals surface area (Å²) in [5, 5.41) is 8.83. The van der Waals surface area contributed by atoms with Gasteiger partial charge in [-0.25, -0.2) is 4.79 Å². The van der Waals surface area contributed by atoms with E-state index >= 15 is 0 Å². The number of rotatable bonds is 3. The molecule has 0 bridgehead atoms. The van der Waals surface area contributed by atoms with Gasteiger partial charge in [0.05, 0.1) is 0 Å². The van der Waals surface area contributed by atoms with Gasteiger partial charge in [0.1, 0.15) is 11.7 Å². The van der Waals surface area contributed by atoms with Gasteiger partial charge in [-0.1, -0.05) is 0 Å². The first-order valence-electron chi connectivity index (χ1n) is 4.83. The third-order valence-corrected chi connectivity index (χ3v) is 3.91. The van der Waals surface area contributed by atoms with Crippen molar-refractivity contribution in [2.45, 2.75) is 31.5 Å². The zero-order valence-electron chi connectivity index (χ0n) is 8.74. The van der Waals surface area contributed by atoms with Gasteiger partial charge in [0, 0.05) is 6.54 Å². The van der Waals surface area contributed by atoms with Gasteiger partial charge < -0.3 is 19.8 Å². The molecule has 0 aliphatic carbocycles. The Morgan fingerprint density at radius 3 is 2.44 bits per heavy atom. The van der Waals surface area contributed by atoms with Gasteiger partial charge in [-0.05, 0) is 19.8 Å². The first kappa shape index (κ1) is 13.2. The van der Waals surface area contributed by atoms with E-state index in [1.165, 1.54) is 0 Å². The number of carboxylic acids is 1. The second-order valence-electron chi connectivity index (χ2n) is 3.79. The van der Waals surface area contributed by atoms with Gasteiger partial charge in [-0.2, -0.15) is 0 Å². The van der Waals surface area contributed by atoms with Crippen molar-refractivity contribution in [2.24, 2.45) is 0 Å². The van der Waals surface area contributed by atoms with Crippen LogP contribution in [0.4, 0.5) is 0 Å². The minimum Gasteiger partial charge on any atom is -0.480 e. The monoisotopic (exact) mass is 251 g/mol. The molecule has 0 aromatic heterocycles. The third-order valence-electron chi connectivity index (χ3n) is 2.68. The number of nitrogens with zero attached hydrogens (tertiary/aromatic N) is 1. The van der Waals surface area contributed by atoms with E-state index < -0.39 is 31.2 Å². The summed E-state index contributed by atoms with van der Waals surface area (Å²) < 4.78 is 10.9. The molecule has 1 heterocycles. The Bertz CT molecular complexity index is 350. The largest absolute Gasteiger partial charge is 0.480 e. The second-order valence-corrected chi connectivity index (χ2v) is 5.75. The molecular formula is C8H14NO6P. The summed E-state index contributed by atoms with van der Waals surface area (Å²) in [6.45, 7) is 1.35. The predicted octanol–water partition coefficient (Wildman–Crippen LogP) is -0.372. The van der Waals surface area contributed by atoms with E-state index in [9.17, 15) is 14.2 Å². The molecule has 1 rings (SSSR count). The van der Waals surface area contributed by atoms with Crippen LogP contribution in [-0.2, 0) is 14.2 Å². The van der Waals surface area contributed by atoms with Crippen molar-refractivity contribution in [3.05, 3.63) is 0 Å². The number of carbonyl (C=O) groups excluding carboxylic acids is 1. The Hall–Kier alpha value is -0.910. The zero-order chi connectivity index (χ0) is 12.5. The Labute approximate surface area is 92.2 Å². The van der Waals surface area contributed by atoms with E-state index in [0.29, 0.717) is 12.8 Å². The number of likely N-dealkylation sites (tertiary alicyclic amines) is 1. The first-order valence-corrected chi connectivity index (χ1v) is 6.52. The van der Waals surface area contributed by atoms with Crippen molar-refractivity contribution in [2.75, 3.05) is 6.54 Å². The number of amides is 1. The minimum absolute atomic E-state index is 0.236. The minimum atomic E-state index is -4.51. The fourth-order valence-corrected chi connectivity index (χ4v) is 2.11. The molecule has 0 aromatic carbocycles. The number of aliphatic carboxylic acids is 1. The first-order chi connectivity index (χ1) is 7.25. The Morgan fingerprint density at radius 2 is 2.00 bits per heavy atom. The molecule has 0 radical (unpaired) electrons. The van der Waals surface area contributed by atoms with Crippen LogP contribution in [0.15, 0.2) is 0 Å². The molecular weight excluding hydrogens is 237 g/mol. The Balaban J connectivity index is 2.82. The lowest BCUT2D eigenvalue weighted by molar-refractivity contribution is -0.148. The van der Waals surface area contributed by atoms with Crippen LogP contribution in [0, 0.1) is 0 Å². The highest BCUT2D eigenvalue weighted by atomic mass is 31.2. The molecule has 0 saturated carbocycles. The van der Waals surface area contributed by atoms with Crippen molar-refractivity contribution in [1.82, 2.24) is 4.90 Å². The molecule has 1 saturated heterocycles. The molecule has 1 amide bonds. The Morgan fingerprint density at radius 1 is 1.44 bits per heavy atom. The summed E-state index contributed by atoms with van der Waals surface area (Å²) in [4.78, 5) is 41.2. The smallest absolute Gasteiger partial charge is 0.337 e. The SMILES string of the molecule is CC(C(=O)N1CCC[C@H]1C(=O)O)P(=O)(O)O. The third kappa shape index (κ3) is 2.61. The molecule has 8 heteroatoms. The van der Waals surface area contributed by atoms with E-state index in [-0.39, 0.29) is 6.54 Å². The quantitative estimate of drug-likeness (QED) is 0.589. The van der Waals surface area contributed by atoms with Crippen molar-refractivity contribution in [3.8, 4) is 0 Å². The molecule has 1 aliphatic heterocycles. The summed E-state index contributed by atoms with van der Waals surface area (Å²) in [6, 6.07) is -0.957. The van der Waals surface area contributed by atoms with Crippen LogP contribution in [0.5, 0.6) is 0 Å². The lowest BCUT2D eigenvalue weighted by Crippen LogP contribution is -2.44. The highest BCUT2D eigenvalue weighted by Gasteiger charge is 2.41. The van der Waals surface area contributed by atoms with Crippen LogP contribution in [-0.4, -0.2) is 49.9 Å². The van der Waals surface area contributed by atoms with Crippen LogP contribution in [0.2, 0.25) is 0 Å². The van der Waals surface area contributed by atoms with E-state index in [1.54, 1.807) is 0 Å². The van der Waals surface area contributed by atoms with Crippen molar-refractivity contribution in [1.29, 1.82) is 0 Å². The molecule has 1 fully saturated rings. The van der Waals surface area contributed by atoms with E-state index in [1.807, 2.05) is 0 Å². The average Bonchev–Trinajstić information content (AvgIpc) is 2.62. The number of carbonyl (C=O) groups is 2. The molecule has 1 aliphatic rings. The highest BCUT2D eigenvalue weighted by molar-refractivity contribution is 7.53. The maximum absolute atomic E-state index is 11.7. The lowest BCUT2D eigenvalue weighted by Gasteiger charge is -2.25. The molecule has 2 atom stereocenters. The molecule has 92 valence electrons. The van der Waals surface area contributed by atoms with Gasteiger partial charge in [0.25, 0.3) is 0 Å². The summed E-state index contributed by atoms with van der Waals surface area (Å²) in [6.07, 6.45) is 0.867. The topological polar surface area (TPSA) is 115 Å². The standard InChI is InChI=1S/C8H14NO6P/c1-5(16(13,14)15)7(10)9-4-2-3-6(9)8(11)12/h5-6H,2-4H2,1H3,(H,11,12)(H2,13,14,15)/t5?,6-/m0/s1. The maximum Gasteiger partial charge on any atom is 0.337 e. The van der Waals surface area contributed by atoms with Gasteiger partial charge in [-0.15, -0.1) is 0 Å². The van der Waals surface area contributed by atoms with Crippen LogP contribution in [0.1, 0.15) is 19.8 Å². The van der Waals surface area contributed by atoms with Gasteiger partial charge in [-0.3, -0.25) is 9.36 Å². The van der Waals surface area contributed by atoms with Gasteiger partial charge in [0.15, 0.2) is 0 Å². The van der Waals surface area contributed by atoms with E-state index in [0.717, 1.165) is 11.8 Å². The van der Waals surface area contributed by atoms with E-state index in [4.69, 9.17) is 14.9 Å². The molecule has 7 nitrogen and oxygen atoms in total. The molecule has 1 unspecified atom stereocenters. The fourth-order valence-electron chi connectivity index (χ4n) is 1.67. The van der Waals surface area contributed by atoms with Crippen molar-refractivity contribution >= 4 is 19.5 Å².